The Morgan fingerprint density at radius 1 is 0.333 bits per heavy atom. The third kappa shape index (κ3) is 5.80. The van der Waals surface area contributed by atoms with E-state index < -0.39 is 0 Å². The summed E-state index contributed by atoms with van der Waals surface area (Å²) in [6.45, 7) is 0. The Morgan fingerprint density at radius 3 is 1.67 bits per heavy atom. The lowest BCUT2D eigenvalue weighted by Gasteiger charge is -2.27. The summed E-state index contributed by atoms with van der Waals surface area (Å²) in [5.74, 6) is 0. The van der Waals surface area contributed by atoms with Crippen molar-refractivity contribution in [2.75, 3.05) is 4.90 Å². The molecule has 0 atom stereocenters. The molecule has 0 amide bonds. The van der Waals surface area contributed by atoms with Gasteiger partial charge in [-0.1, -0.05) is 158 Å². The summed E-state index contributed by atoms with van der Waals surface area (Å²) < 4.78 is 8.92. The predicted molar refractivity (Wildman–Crippen MR) is 243 cm³/mol. The molecule has 0 N–H and O–H groups in total. The average Bonchev–Trinajstić information content (AvgIpc) is 3.86. The number of hydrogen-bond acceptors (Lipinski definition) is 3. The van der Waals surface area contributed by atoms with E-state index in [0.29, 0.717) is 0 Å². The van der Waals surface area contributed by atoms with Crippen molar-refractivity contribution in [2.45, 2.75) is 0 Å². The molecular formula is C54H35NOS. The first-order chi connectivity index (χ1) is 28.3. The fourth-order valence-electron chi connectivity index (χ4n) is 8.40. The highest BCUT2D eigenvalue weighted by Crippen LogP contribution is 2.47. The molecule has 0 bridgehead atoms. The molecule has 57 heavy (non-hydrogen) atoms. The second-order valence-corrected chi connectivity index (χ2v) is 15.5. The van der Waals surface area contributed by atoms with Crippen molar-refractivity contribution >= 4 is 70.5 Å². The van der Waals surface area contributed by atoms with Gasteiger partial charge < -0.3 is 9.32 Å². The third-order valence-corrected chi connectivity index (χ3v) is 12.3. The van der Waals surface area contributed by atoms with Crippen LogP contribution in [0.2, 0.25) is 0 Å². The van der Waals surface area contributed by atoms with Crippen molar-refractivity contribution in [3.63, 3.8) is 0 Å². The van der Waals surface area contributed by atoms with Gasteiger partial charge in [-0.2, -0.15) is 0 Å². The fraction of sp³-hybridized carbons (Fsp3) is 0. The van der Waals surface area contributed by atoms with Gasteiger partial charge >= 0.3 is 0 Å². The van der Waals surface area contributed by atoms with E-state index in [2.05, 4.69) is 205 Å². The predicted octanol–water partition coefficient (Wildman–Crippen LogP) is 16.1. The largest absolute Gasteiger partial charge is 0.456 e. The molecular weight excluding hydrogens is 711 g/mol. The molecule has 268 valence electrons. The minimum atomic E-state index is 0.892. The van der Waals surface area contributed by atoms with Crippen LogP contribution in [-0.2, 0) is 0 Å². The van der Waals surface area contributed by atoms with Gasteiger partial charge in [-0.05, 0) is 99.1 Å². The molecule has 0 fully saturated rings. The van der Waals surface area contributed by atoms with Gasteiger partial charge in [-0.25, -0.2) is 0 Å². The number of para-hydroxylation sites is 1. The maximum atomic E-state index is 6.37. The van der Waals surface area contributed by atoms with Gasteiger partial charge in [-0.3, -0.25) is 0 Å². The number of furan rings is 1. The molecule has 9 aromatic carbocycles. The summed E-state index contributed by atoms with van der Waals surface area (Å²) in [6.07, 6.45) is 0. The number of anilines is 3. The molecule has 0 spiro atoms. The second-order valence-electron chi connectivity index (χ2n) is 14.5. The third-order valence-electron chi connectivity index (χ3n) is 11.1. The lowest BCUT2D eigenvalue weighted by Crippen LogP contribution is -2.10. The zero-order chi connectivity index (χ0) is 37.7. The van der Waals surface area contributed by atoms with Crippen LogP contribution < -0.4 is 4.90 Å². The van der Waals surface area contributed by atoms with E-state index in [9.17, 15) is 0 Å². The SMILES string of the molecule is c1ccc(-c2ccccc2-c2ccc(N(c3ccc(-c4ccc5c(c4)oc4ccccc45)c(-c4ccccc4)c3)c3cccc4c3sc3ccccc34)cc2)cc1. The van der Waals surface area contributed by atoms with Crippen LogP contribution in [0.1, 0.15) is 0 Å². The maximum Gasteiger partial charge on any atom is 0.136 e. The maximum absolute atomic E-state index is 6.37. The van der Waals surface area contributed by atoms with Crippen molar-refractivity contribution in [1.82, 2.24) is 0 Å². The van der Waals surface area contributed by atoms with Crippen LogP contribution in [0.4, 0.5) is 17.1 Å². The number of benzene rings is 9. The van der Waals surface area contributed by atoms with Gasteiger partial charge in [0.05, 0.1) is 10.4 Å². The first-order valence-corrected chi connectivity index (χ1v) is 20.1. The van der Waals surface area contributed by atoms with Crippen LogP contribution in [0.5, 0.6) is 0 Å². The highest BCUT2D eigenvalue weighted by Gasteiger charge is 2.21. The van der Waals surface area contributed by atoms with Gasteiger partial charge in [0.1, 0.15) is 11.2 Å². The molecule has 0 aliphatic heterocycles. The van der Waals surface area contributed by atoms with Gasteiger partial charge in [0.2, 0.25) is 0 Å². The standard InChI is InChI=1S/C54H35NOS/c1-3-14-36(15-4-1)42-18-7-8-19-43(42)38-26-29-40(30-27-38)55(50-23-13-22-48-47-21-10-12-25-53(47)57-54(48)50)41-31-33-44(49(35-41)37-16-5-2-6-17-37)39-28-32-46-45-20-9-11-24-51(45)56-52(46)34-39/h1-35H. The zero-order valence-corrected chi connectivity index (χ0v) is 31.8. The molecule has 0 aliphatic rings. The molecule has 3 heteroatoms. The van der Waals surface area contributed by atoms with E-state index in [1.54, 1.807) is 0 Å². The summed E-state index contributed by atoms with van der Waals surface area (Å²) in [7, 11) is 0. The van der Waals surface area contributed by atoms with Crippen LogP contribution in [0.3, 0.4) is 0 Å². The first kappa shape index (κ1) is 33.2. The molecule has 2 nitrogen and oxygen atoms in total. The van der Waals surface area contributed by atoms with Crippen molar-refractivity contribution in [3.05, 3.63) is 212 Å². The zero-order valence-electron chi connectivity index (χ0n) is 31.0. The number of fused-ring (bicyclic) bond motifs is 6. The summed E-state index contributed by atoms with van der Waals surface area (Å²) in [6, 6.07) is 76.4. The summed E-state index contributed by atoms with van der Waals surface area (Å²) in [5, 5.41) is 4.82. The van der Waals surface area contributed by atoms with E-state index in [4.69, 9.17) is 4.42 Å². The van der Waals surface area contributed by atoms with Gasteiger partial charge in [0.25, 0.3) is 0 Å². The lowest BCUT2D eigenvalue weighted by atomic mass is 9.93. The monoisotopic (exact) mass is 745 g/mol. The normalized spacial score (nSPS) is 11.5. The number of thiophene rings is 1. The van der Waals surface area contributed by atoms with Crippen LogP contribution in [0, 0.1) is 0 Å². The molecule has 0 aliphatic carbocycles. The second kappa shape index (κ2) is 13.8. The van der Waals surface area contributed by atoms with Gasteiger partial charge in [0, 0.05) is 37.6 Å². The number of rotatable bonds is 7. The molecule has 11 aromatic rings. The van der Waals surface area contributed by atoms with Crippen LogP contribution in [-0.4, -0.2) is 0 Å². The Bertz CT molecular complexity index is 3230. The minimum absolute atomic E-state index is 0.892. The van der Waals surface area contributed by atoms with E-state index in [0.717, 1.165) is 61.3 Å². The van der Waals surface area contributed by atoms with Crippen molar-refractivity contribution in [2.24, 2.45) is 0 Å². The van der Waals surface area contributed by atoms with Crippen molar-refractivity contribution < 1.29 is 4.42 Å². The van der Waals surface area contributed by atoms with Crippen LogP contribution in [0.15, 0.2) is 217 Å². The Morgan fingerprint density at radius 2 is 0.895 bits per heavy atom. The molecule has 0 unspecified atom stereocenters. The Hall–Kier alpha value is -7.20. The van der Waals surface area contributed by atoms with Crippen LogP contribution in [0.25, 0.3) is 86.6 Å². The van der Waals surface area contributed by atoms with E-state index in [-0.39, 0.29) is 0 Å². The average molecular weight is 746 g/mol. The van der Waals surface area contributed by atoms with Gasteiger partial charge in [0.15, 0.2) is 0 Å². The highest BCUT2D eigenvalue weighted by atomic mass is 32.1. The fourth-order valence-corrected chi connectivity index (χ4v) is 9.61. The van der Waals surface area contributed by atoms with Gasteiger partial charge in [-0.15, -0.1) is 11.3 Å². The van der Waals surface area contributed by atoms with Crippen LogP contribution >= 0.6 is 11.3 Å². The molecule has 11 rings (SSSR count). The molecule has 0 saturated heterocycles. The molecule has 0 saturated carbocycles. The van der Waals surface area contributed by atoms with E-state index >= 15 is 0 Å². The summed E-state index contributed by atoms with van der Waals surface area (Å²) >= 11 is 1.86. The Labute approximate surface area is 335 Å². The molecule has 2 heterocycles. The number of nitrogens with zero attached hydrogens (tertiary/aromatic N) is 1. The minimum Gasteiger partial charge on any atom is -0.456 e. The first-order valence-electron chi connectivity index (χ1n) is 19.3. The lowest BCUT2D eigenvalue weighted by molar-refractivity contribution is 0.669. The Balaban J connectivity index is 1.10. The summed E-state index contributed by atoms with van der Waals surface area (Å²) in [4.78, 5) is 2.43. The smallest absolute Gasteiger partial charge is 0.136 e. The Kier molecular flexibility index (Phi) is 8.04. The van der Waals surface area contributed by atoms with E-state index in [1.807, 2.05) is 23.5 Å². The van der Waals surface area contributed by atoms with E-state index in [1.165, 1.54) is 42.4 Å². The van der Waals surface area contributed by atoms with Crippen molar-refractivity contribution in [1.29, 1.82) is 0 Å². The summed E-state index contributed by atoms with van der Waals surface area (Å²) in [5.41, 5.74) is 14.6. The molecule has 2 aromatic heterocycles. The quantitative estimate of drug-likeness (QED) is 0.162. The highest BCUT2D eigenvalue weighted by molar-refractivity contribution is 7.26. The topological polar surface area (TPSA) is 16.4 Å². The van der Waals surface area contributed by atoms with Crippen molar-refractivity contribution in [3.8, 4) is 44.5 Å². The number of hydrogen-bond donors (Lipinski definition) is 0. The molecule has 0 radical (unpaired) electrons.